The second-order valence-electron chi connectivity index (χ2n) is 8.84. The molecule has 5 nitrogen and oxygen atoms in total. The molecule has 4 rings (SSSR count). The summed E-state index contributed by atoms with van der Waals surface area (Å²) >= 11 is 1.64. The Labute approximate surface area is 200 Å². The van der Waals surface area contributed by atoms with Crippen LogP contribution in [-0.2, 0) is 17.9 Å². The third-order valence-electron chi connectivity index (χ3n) is 6.00. The number of urea groups is 1. The number of thiophene rings is 1. The highest BCUT2D eigenvalue weighted by Gasteiger charge is 2.29. The lowest BCUT2D eigenvalue weighted by Gasteiger charge is -2.28. The molecular weight excluding hydrogens is 430 g/mol. The molecule has 172 valence electrons. The first-order valence-corrected chi connectivity index (χ1v) is 12.3. The summed E-state index contributed by atoms with van der Waals surface area (Å²) in [6.45, 7) is 5.73. The molecule has 0 aliphatic heterocycles. The maximum absolute atomic E-state index is 13.5. The van der Waals surface area contributed by atoms with Crippen LogP contribution in [0.4, 0.5) is 10.5 Å². The number of hydrogen-bond acceptors (Lipinski definition) is 3. The van der Waals surface area contributed by atoms with Gasteiger partial charge < -0.3 is 15.1 Å². The zero-order valence-electron chi connectivity index (χ0n) is 19.3. The van der Waals surface area contributed by atoms with Crippen LogP contribution >= 0.6 is 11.3 Å². The molecule has 0 radical (unpaired) electrons. The Morgan fingerprint density at radius 2 is 1.64 bits per heavy atom. The number of nitrogens with one attached hydrogen (secondary N) is 1. The Morgan fingerprint density at radius 1 is 0.909 bits per heavy atom. The molecule has 1 fully saturated rings. The lowest BCUT2D eigenvalue weighted by molar-refractivity contribution is -0.133. The average molecular weight is 462 g/mol. The third kappa shape index (κ3) is 6.45. The molecule has 1 saturated carbocycles. The van der Waals surface area contributed by atoms with Gasteiger partial charge in [0, 0.05) is 23.7 Å². The SMILES string of the molecule is Cc1cccc(C)c1NC(=O)N(CC(=O)N(Cc1ccccc1)Cc1cccs1)CC1CC1. The summed E-state index contributed by atoms with van der Waals surface area (Å²) in [6, 6.07) is 19.8. The molecule has 0 bridgehead atoms. The first-order valence-electron chi connectivity index (χ1n) is 11.5. The van der Waals surface area contributed by atoms with Gasteiger partial charge in [0.2, 0.25) is 5.91 Å². The molecule has 1 aliphatic rings. The van der Waals surface area contributed by atoms with E-state index in [1.54, 1.807) is 16.2 Å². The summed E-state index contributed by atoms with van der Waals surface area (Å²) < 4.78 is 0. The maximum atomic E-state index is 13.5. The van der Waals surface area contributed by atoms with Crippen molar-refractivity contribution in [2.75, 3.05) is 18.4 Å². The number of anilines is 1. The highest BCUT2D eigenvalue weighted by atomic mass is 32.1. The number of nitrogens with zero attached hydrogens (tertiary/aromatic N) is 2. The number of benzene rings is 2. The maximum Gasteiger partial charge on any atom is 0.322 e. The van der Waals surface area contributed by atoms with E-state index in [1.165, 1.54) is 0 Å². The van der Waals surface area contributed by atoms with Crippen molar-refractivity contribution in [3.8, 4) is 0 Å². The van der Waals surface area contributed by atoms with Gasteiger partial charge in [0.25, 0.3) is 0 Å². The van der Waals surface area contributed by atoms with Crippen molar-refractivity contribution in [1.82, 2.24) is 9.80 Å². The van der Waals surface area contributed by atoms with Crippen LogP contribution in [0, 0.1) is 19.8 Å². The van der Waals surface area contributed by atoms with Gasteiger partial charge in [-0.1, -0.05) is 54.6 Å². The Balaban J connectivity index is 1.50. The fourth-order valence-electron chi connectivity index (χ4n) is 3.92. The van der Waals surface area contributed by atoms with E-state index >= 15 is 0 Å². The highest BCUT2D eigenvalue weighted by molar-refractivity contribution is 7.09. The smallest absolute Gasteiger partial charge is 0.322 e. The van der Waals surface area contributed by atoms with Gasteiger partial charge in [-0.3, -0.25) is 4.79 Å². The zero-order valence-corrected chi connectivity index (χ0v) is 20.1. The number of aryl methyl sites for hydroxylation is 2. The van der Waals surface area contributed by atoms with E-state index in [0.717, 1.165) is 40.1 Å². The Kier molecular flexibility index (Phi) is 7.45. The van der Waals surface area contributed by atoms with Crippen molar-refractivity contribution in [2.45, 2.75) is 39.8 Å². The Hall–Kier alpha value is -3.12. The highest BCUT2D eigenvalue weighted by Crippen LogP contribution is 2.30. The summed E-state index contributed by atoms with van der Waals surface area (Å²) in [5.41, 5.74) is 3.94. The van der Waals surface area contributed by atoms with Gasteiger partial charge in [0.1, 0.15) is 6.54 Å². The summed E-state index contributed by atoms with van der Waals surface area (Å²) in [7, 11) is 0. The molecule has 3 amide bonds. The molecule has 1 aromatic heterocycles. The molecule has 1 heterocycles. The van der Waals surface area contributed by atoms with Gasteiger partial charge in [-0.15, -0.1) is 11.3 Å². The minimum Gasteiger partial charge on any atom is -0.332 e. The van der Waals surface area contributed by atoms with Crippen molar-refractivity contribution >= 4 is 29.0 Å². The number of carbonyl (C=O) groups excluding carboxylic acids is 2. The van der Waals surface area contributed by atoms with E-state index in [-0.39, 0.29) is 18.5 Å². The van der Waals surface area contributed by atoms with Crippen LogP contribution in [-0.4, -0.2) is 34.8 Å². The van der Waals surface area contributed by atoms with Gasteiger partial charge in [0.15, 0.2) is 0 Å². The first-order chi connectivity index (χ1) is 16.0. The van der Waals surface area contributed by atoms with E-state index < -0.39 is 0 Å². The monoisotopic (exact) mass is 461 g/mol. The quantitative estimate of drug-likeness (QED) is 0.435. The van der Waals surface area contributed by atoms with E-state index in [4.69, 9.17) is 0 Å². The zero-order chi connectivity index (χ0) is 23.2. The van der Waals surface area contributed by atoms with E-state index in [1.807, 2.05) is 84.8 Å². The largest absolute Gasteiger partial charge is 0.332 e. The van der Waals surface area contributed by atoms with Crippen LogP contribution in [0.3, 0.4) is 0 Å². The third-order valence-corrected chi connectivity index (χ3v) is 6.86. The molecule has 0 spiro atoms. The van der Waals surface area contributed by atoms with Gasteiger partial charge in [-0.2, -0.15) is 0 Å². The van der Waals surface area contributed by atoms with Crippen molar-refractivity contribution in [3.05, 3.63) is 87.6 Å². The number of carbonyl (C=O) groups is 2. The van der Waals surface area contributed by atoms with Crippen LogP contribution in [0.15, 0.2) is 66.0 Å². The normalized spacial score (nSPS) is 12.9. The molecule has 0 saturated heterocycles. The van der Waals surface area contributed by atoms with Crippen LogP contribution < -0.4 is 5.32 Å². The standard InChI is InChI=1S/C27H31N3O2S/c1-20-8-6-9-21(2)26(20)28-27(32)30(17-23-13-14-23)19-25(31)29(18-24-12-7-15-33-24)16-22-10-4-3-5-11-22/h3-12,15,23H,13-14,16-19H2,1-2H3,(H,28,32). The minimum absolute atomic E-state index is 0.0374. The summed E-state index contributed by atoms with van der Waals surface area (Å²) in [5, 5.41) is 5.10. The molecule has 0 unspecified atom stereocenters. The van der Waals surface area contributed by atoms with Crippen molar-refractivity contribution in [3.63, 3.8) is 0 Å². The topological polar surface area (TPSA) is 52.7 Å². The first kappa shape index (κ1) is 23.1. The van der Waals surface area contributed by atoms with E-state index in [0.29, 0.717) is 25.6 Å². The van der Waals surface area contributed by atoms with Crippen LogP contribution in [0.5, 0.6) is 0 Å². The second kappa shape index (κ2) is 10.7. The van der Waals surface area contributed by atoms with Crippen LogP contribution in [0.25, 0.3) is 0 Å². The van der Waals surface area contributed by atoms with Gasteiger partial charge in [0.05, 0.1) is 6.54 Å². The molecule has 1 aliphatic carbocycles. The van der Waals surface area contributed by atoms with E-state index in [2.05, 4.69) is 5.32 Å². The number of para-hydroxylation sites is 1. The fraction of sp³-hybridized carbons (Fsp3) is 0.333. The predicted molar refractivity (Wildman–Crippen MR) is 134 cm³/mol. The Bertz CT molecular complexity index is 1060. The molecule has 0 atom stereocenters. The summed E-state index contributed by atoms with van der Waals surface area (Å²) in [4.78, 5) is 31.4. The van der Waals surface area contributed by atoms with Crippen LogP contribution in [0.1, 0.15) is 34.4 Å². The van der Waals surface area contributed by atoms with E-state index in [9.17, 15) is 9.59 Å². The van der Waals surface area contributed by atoms with Crippen molar-refractivity contribution in [2.24, 2.45) is 5.92 Å². The predicted octanol–water partition coefficient (Wildman–Crippen LogP) is 5.84. The lowest BCUT2D eigenvalue weighted by atomic mass is 10.1. The number of rotatable bonds is 9. The van der Waals surface area contributed by atoms with Crippen molar-refractivity contribution in [1.29, 1.82) is 0 Å². The molecule has 6 heteroatoms. The molecule has 3 aromatic rings. The average Bonchev–Trinajstić information content (AvgIpc) is 3.48. The van der Waals surface area contributed by atoms with Crippen LogP contribution in [0.2, 0.25) is 0 Å². The summed E-state index contributed by atoms with van der Waals surface area (Å²) in [5.74, 6) is 0.450. The molecule has 33 heavy (non-hydrogen) atoms. The van der Waals surface area contributed by atoms with Gasteiger partial charge in [-0.25, -0.2) is 4.79 Å². The van der Waals surface area contributed by atoms with Crippen molar-refractivity contribution < 1.29 is 9.59 Å². The number of hydrogen-bond donors (Lipinski definition) is 1. The Morgan fingerprint density at radius 3 is 2.27 bits per heavy atom. The van der Waals surface area contributed by atoms with Gasteiger partial charge in [-0.05, 0) is 60.7 Å². The van der Waals surface area contributed by atoms with Gasteiger partial charge >= 0.3 is 6.03 Å². The fourth-order valence-corrected chi connectivity index (χ4v) is 4.64. The molecule has 1 N–H and O–H groups in total. The second-order valence-corrected chi connectivity index (χ2v) is 9.87. The number of amides is 3. The lowest BCUT2D eigenvalue weighted by Crippen LogP contribution is -2.45. The minimum atomic E-state index is -0.205. The molecule has 2 aromatic carbocycles. The summed E-state index contributed by atoms with van der Waals surface area (Å²) in [6.07, 6.45) is 2.23. The molecular formula is C27H31N3O2S.